The number of benzene rings is 1. The highest BCUT2D eigenvalue weighted by atomic mass is 16.1. The number of hydrogen-bond acceptors (Lipinski definition) is 1. The molecular formula is C14H13NO. The zero-order valence-electron chi connectivity index (χ0n) is 8.89. The first-order chi connectivity index (χ1) is 7.84. The molecule has 1 aliphatic heterocycles. The van der Waals surface area contributed by atoms with Crippen LogP contribution in [0.4, 0.5) is 0 Å². The van der Waals surface area contributed by atoms with Crippen LogP contribution in [0.5, 0.6) is 0 Å². The summed E-state index contributed by atoms with van der Waals surface area (Å²) in [5.41, 5.74) is 2.14. The minimum Gasteiger partial charge on any atom is -0.348 e. The Morgan fingerprint density at radius 2 is 1.94 bits per heavy atom. The van der Waals surface area contributed by atoms with E-state index in [1.165, 1.54) is 12.0 Å². The zero-order chi connectivity index (χ0) is 10.7. The second-order valence-corrected chi connectivity index (χ2v) is 5.06. The van der Waals surface area contributed by atoms with Crippen molar-refractivity contribution in [3.8, 4) is 0 Å². The quantitative estimate of drug-likeness (QED) is 0.654. The molecule has 0 spiro atoms. The molecule has 1 saturated carbocycles. The molecule has 2 aliphatic carbocycles. The standard InChI is InChI=1S/C14H13NO/c16-14-11-4-2-1-3-10(11)12-8-5-6-9(7-8)13(12)15-14/h1-6,8-9,12-13H,7H2,(H,15,16)/t8-,9+,12-,13-/m0/s1. The topological polar surface area (TPSA) is 29.1 Å². The van der Waals surface area contributed by atoms with E-state index in [2.05, 4.69) is 23.5 Å². The third-order valence-corrected chi connectivity index (χ3v) is 4.32. The maximum atomic E-state index is 12.0. The molecule has 1 N–H and O–H groups in total. The normalized spacial score (nSPS) is 38.1. The van der Waals surface area contributed by atoms with Gasteiger partial charge in [0.2, 0.25) is 0 Å². The summed E-state index contributed by atoms with van der Waals surface area (Å²) in [5.74, 6) is 1.82. The van der Waals surface area contributed by atoms with Gasteiger partial charge in [-0.1, -0.05) is 30.4 Å². The Labute approximate surface area is 94.4 Å². The molecule has 0 aromatic heterocycles. The van der Waals surface area contributed by atoms with Crippen LogP contribution in [0.1, 0.15) is 28.3 Å². The van der Waals surface area contributed by atoms with Gasteiger partial charge in [-0.05, 0) is 29.9 Å². The summed E-state index contributed by atoms with van der Waals surface area (Å²) in [6, 6.07) is 8.40. The molecule has 2 nitrogen and oxygen atoms in total. The minimum absolute atomic E-state index is 0.109. The van der Waals surface area contributed by atoms with Gasteiger partial charge in [-0.3, -0.25) is 4.79 Å². The van der Waals surface area contributed by atoms with Gasteiger partial charge in [-0.2, -0.15) is 0 Å². The molecule has 1 aromatic rings. The molecule has 16 heavy (non-hydrogen) atoms. The van der Waals surface area contributed by atoms with Crippen molar-refractivity contribution in [1.29, 1.82) is 0 Å². The molecule has 1 fully saturated rings. The summed E-state index contributed by atoms with van der Waals surface area (Å²) in [7, 11) is 0. The lowest BCUT2D eigenvalue weighted by molar-refractivity contribution is 0.0910. The number of rotatable bonds is 0. The molecule has 80 valence electrons. The van der Waals surface area contributed by atoms with Crippen LogP contribution >= 0.6 is 0 Å². The first-order valence-electron chi connectivity index (χ1n) is 5.93. The van der Waals surface area contributed by atoms with E-state index in [-0.39, 0.29) is 5.91 Å². The Hall–Kier alpha value is -1.57. The predicted molar refractivity (Wildman–Crippen MR) is 61.2 cm³/mol. The van der Waals surface area contributed by atoms with Crippen molar-refractivity contribution in [3.05, 3.63) is 47.5 Å². The Morgan fingerprint density at radius 3 is 2.88 bits per heavy atom. The van der Waals surface area contributed by atoms with Gasteiger partial charge in [0.05, 0.1) is 0 Å². The minimum atomic E-state index is 0.109. The van der Waals surface area contributed by atoms with Crippen molar-refractivity contribution in [3.63, 3.8) is 0 Å². The van der Waals surface area contributed by atoms with Gasteiger partial charge in [-0.15, -0.1) is 0 Å². The molecule has 3 aliphatic rings. The van der Waals surface area contributed by atoms with Crippen LogP contribution < -0.4 is 5.32 Å². The lowest BCUT2D eigenvalue weighted by Crippen LogP contribution is -2.46. The first kappa shape index (κ1) is 8.57. The number of carbonyl (C=O) groups excluding carboxylic acids is 1. The molecule has 4 rings (SSSR count). The fraction of sp³-hybridized carbons (Fsp3) is 0.357. The van der Waals surface area contributed by atoms with Gasteiger partial charge in [0, 0.05) is 17.5 Å². The highest BCUT2D eigenvalue weighted by molar-refractivity contribution is 5.97. The van der Waals surface area contributed by atoms with E-state index in [0.29, 0.717) is 23.8 Å². The van der Waals surface area contributed by atoms with Gasteiger partial charge in [0.1, 0.15) is 0 Å². The molecular weight excluding hydrogens is 198 g/mol. The summed E-state index contributed by atoms with van der Waals surface area (Å²) in [6.45, 7) is 0. The van der Waals surface area contributed by atoms with Crippen LogP contribution in [0.2, 0.25) is 0 Å². The maximum Gasteiger partial charge on any atom is 0.251 e. The average Bonchev–Trinajstić information content (AvgIpc) is 2.90. The molecule has 2 heteroatoms. The second kappa shape index (κ2) is 2.76. The second-order valence-electron chi connectivity index (χ2n) is 5.06. The Kier molecular flexibility index (Phi) is 1.48. The van der Waals surface area contributed by atoms with Crippen LogP contribution in [0.15, 0.2) is 36.4 Å². The van der Waals surface area contributed by atoms with Crippen LogP contribution in [0, 0.1) is 11.8 Å². The van der Waals surface area contributed by atoms with Crippen molar-refractivity contribution < 1.29 is 4.79 Å². The van der Waals surface area contributed by atoms with Crippen molar-refractivity contribution in [2.24, 2.45) is 11.8 Å². The fourth-order valence-electron chi connectivity index (χ4n) is 3.67. The SMILES string of the molecule is O=C1N[C@@H]2[C@H](c3ccccc31)[C@H]1C=C[C@@H]2C1. The fourth-order valence-corrected chi connectivity index (χ4v) is 3.67. The highest BCUT2D eigenvalue weighted by Crippen LogP contribution is 2.51. The number of fused-ring (bicyclic) bond motifs is 7. The number of nitrogens with one attached hydrogen (secondary N) is 1. The molecule has 1 amide bonds. The molecule has 0 radical (unpaired) electrons. The predicted octanol–water partition coefficient (Wildman–Crippen LogP) is 2.09. The van der Waals surface area contributed by atoms with E-state index < -0.39 is 0 Å². The van der Waals surface area contributed by atoms with E-state index in [1.807, 2.05) is 18.2 Å². The van der Waals surface area contributed by atoms with E-state index >= 15 is 0 Å². The van der Waals surface area contributed by atoms with Crippen molar-refractivity contribution in [2.75, 3.05) is 0 Å². The van der Waals surface area contributed by atoms with Crippen LogP contribution in [0.25, 0.3) is 0 Å². The van der Waals surface area contributed by atoms with Crippen LogP contribution in [-0.2, 0) is 0 Å². The average molecular weight is 211 g/mol. The lowest BCUT2D eigenvalue weighted by Gasteiger charge is -2.34. The monoisotopic (exact) mass is 211 g/mol. The summed E-state index contributed by atoms with van der Waals surface area (Å²) >= 11 is 0. The molecule has 1 heterocycles. The van der Waals surface area contributed by atoms with Crippen molar-refractivity contribution >= 4 is 5.91 Å². The highest BCUT2D eigenvalue weighted by Gasteiger charge is 2.49. The van der Waals surface area contributed by atoms with Gasteiger partial charge in [-0.25, -0.2) is 0 Å². The van der Waals surface area contributed by atoms with E-state index in [9.17, 15) is 4.79 Å². The number of allylic oxidation sites excluding steroid dienone is 1. The molecule has 1 aromatic carbocycles. The van der Waals surface area contributed by atoms with E-state index in [4.69, 9.17) is 0 Å². The third kappa shape index (κ3) is 0.902. The Morgan fingerprint density at radius 1 is 1.12 bits per heavy atom. The number of hydrogen-bond donors (Lipinski definition) is 1. The maximum absolute atomic E-state index is 12.0. The van der Waals surface area contributed by atoms with Gasteiger partial charge < -0.3 is 5.32 Å². The molecule has 2 bridgehead atoms. The Balaban J connectivity index is 1.92. The van der Waals surface area contributed by atoms with Gasteiger partial charge in [0.15, 0.2) is 0 Å². The summed E-state index contributed by atoms with van der Waals surface area (Å²) < 4.78 is 0. The summed E-state index contributed by atoms with van der Waals surface area (Å²) in [5, 5.41) is 3.18. The largest absolute Gasteiger partial charge is 0.348 e. The van der Waals surface area contributed by atoms with Gasteiger partial charge >= 0.3 is 0 Å². The first-order valence-corrected chi connectivity index (χ1v) is 5.93. The van der Waals surface area contributed by atoms with Crippen molar-refractivity contribution in [2.45, 2.75) is 18.4 Å². The van der Waals surface area contributed by atoms with E-state index in [1.54, 1.807) is 0 Å². The smallest absolute Gasteiger partial charge is 0.251 e. The summed E-state index contributed by atoms with van der Waals surface area (Å²) in [4.78, 5) is 12.0. The number of carbonyl (C=O) groups is 1. The third-order valence-electron chi connectivity index (χ3n) is 4.32. The lowest BCUT2D eigenvalue weighted by atomic mass is 9.78. The summed E-state index contributed by atoms with van der Waals surface area (Å²) in [6.07, 6.45) is 5.82. The van der Waals surface area contributed by atoms with Crippen LogP contribution in [-0.4, -0.2) is 11.9 Å². The zero-order valence-corrected chi connectivity index (χ0v) is 8.89. The molecule has 0 unspecified atom stereocenters. The van der Waals surface area contributed by atoms with E-state index in [0.717, 1.165) is 5.56 Å². The molecule has 0 saturated heterocycles. The van der Waals surface area contributed by atoms with Gasteiger partial charge in [0.25, 0.3) is 5.91 Å². The van der Waals surface area contributed by atoms with Crippen molar-refractivity contribution in [1.82, 2.24) is 5.32 Å². The van der Waals surface area contributed by atoms with Crippen LogP contribution in [0.3, 0.4) is 0 Å². The number of amides is 1. The Bertz CT molecular complexity index is 505. The molecule has 4 atom stereocenters.